The number of aliphatic hydroxyl groups excluding tert-OH is 15. The van der Waals surface area contributed by atoms with E-state index in [0.29, 0.717) is 30.1 Å². The molecule has 8 amide bonds. The van der Waals surface area contributed by atoms with Crippen molar-refractivity contribution < 1.29 is 179 Å². The van der Waals surface area contributed by atoms with Crippen molar-refractivity contribution in [3.63, 3.8) is 0 Å². The van der Waals surface area contributed by atoms with Crippen LogP contribution in [0.1, 0.15) is 161 Å². The van der Waals surface area contributed by atoms with Crippen LogP contribution in [-0.2, 0) is 80.1 Å². The summed E-state index contributed by atoms with van der Waals surface area (Å²) in [6.45, 7) is 1.09. The number of ketones is 4. The molecule has 0 spiro atoms. The van der Waals surface area contributed by atoms with Gasteiger partial charge in [0.25, 0.3) is 11.5 Å². The molecule has 0 aliphatic heterocycles. The van der Waals surface area contributed by atoms with Gasteiger partial charge < -0.3 is 156 Å². The zero-order valence-corrected chi connectivity index (χ0v) is 82.7. The average Bonchev–Trinajstić information content (AvgIpc) is 0.807. The van der Waals surface area contributed by atoms with Crippen LogP contribution in [0.25, 0.3) is 11.2 Å². The number of carbonyl (C=O) groups excluding carboxylic acids is 12. The molecule has 21 atom stereocenters. The number of amides is 8. The zero-order chi connectivity index (χ0) is 110. The van der Waals surface area contributed by atoms with E-state index in [1.807, 2.05) is 44.2 Å². The van der Waals surface area contributed by atoms with Crippen molar-refractivity contribution in [2.24, 2.45) is 29.6 Å². The van der Waals surface area contributed by atoms with Crippen molar-refractivity contribution in [1.82, 2.24) is 72.4 Å². The molecule has 814 valence electrons. The van der Waals surface area contributed by atoms with Crippen LogP contribution in [0.15, 0.2) is 78.0 Å². The summed E-state index contributed by atoms with van der Waals surface area (Å²) in [5.41, 5.74) is 7.40. The highest BCUT2D eigenvalue weighted by molar-refractivity contribution is 8.76. The lowest BCUT2D eigenvalue weighted by molar-refractivity contribution is -0.142. The van der Waals surface area contributed by atoms with Crippen LogP contribution < -0.4 is 59.1 Å². The number of fused-ring (bicyclic) bond motifs is 1. The molecule has 0 aliphatic carbocycles. The largest absolute Gasteiger partial charge is 0.481 e. The highest BCUT2D eigenvalue weighted by Gasteiger charge is 2.40. The van der Waals surface area contributed by atoms with Gasteiger partial charge in [-0.15, -0.1) is 0 Å². The molecule has 5 rings (SSSR count). The summed E-state index contributed by atoms with van der Waals surface area (Å²) in [6.07, 6.45) is -30.7. The highest BCUT2D eigenvalue weighted by atomic mass is 33.1. The number of aromatic nitrogens is 6. The van der Waals surface area contributed by atoms with Crippen LogP contribution in [0, 0.1) is 36.5 Å². The molecular weight excluding hydrogens is 1980 g/mol. The Hall–Kier alpha value is -12.2. The summed E-state index contributed by atoms with van der Waals surface area (Å²) in [6, 6.07) is 7.56. The van der Waals surface area contributed by atoms with Crippen LogP contribution in [0.3, 0.4) is 0 Å². The number of anilines is 2. The van der Waals surface area contributed by atoms with Gasteiger partial charge in [-0.3, -0.25) is 81.9 Å². The van der Waals surface area contributed by atoms with Crippen LogP contribution in [-0.4, -0.2) is 388 Å². The summed E-state index contributed by atoms with van der Waals surface area (Å²) in [4.78, 5) is 250. The number of aryl methyl sites for hydroxylation is 1. The molecule has 3 heterocycles. The van der Waals surface area contributed by atoms with Crippen molar-refractivity contribution in [1.29, 1.82) is 0 Å². The molecule has 0 aliphatic rings. The average molecular weight is 2120 g/mol. The molecule has 0 bridgehead atoms. The fraction of sp³-hybridized carbons (Fsp3) is 0.582. The Morgan fingerprint density at radius 3 is 1.33 bits per heavy atom. The number of aliphatic carboxylic acids is 4. The Balaban J connectivity index is 0.00000132. The number of benzene rings is 2. The Labute approximate surface area is 849 Å². The lowest BCUT2D eigenvalue weighted by Gasteiger charge is -2.26. The van der Waals surface area contributed by atoms with E-state index in [1.54, 1.807) is 26.2 Å². The lowest BCUT2D eigenvalue weighted by atomic mass is 9.61. The van der Waals surface area contributed by atoms with E-state index < -0.39 is 352 Å². The normalized spacial score (nSPS) is 15.7. The van der Waals surface area contributed by atoms with Crippen molar-refractivity contribution in [2.45, 2.75) is 253 Å². The number of hydrogen-bond donors (Lipinski definition) is 31. The number of carboxylic acid groups (broad SMARTS) is 4. The van der Waals surface area contributed by atoms with Crippen LogP contribution in [0.4, 0.5) is 11.6 Å². The molecule has 0 fully saturated rings. The fourth-order valence-corrected chi connectivity index (χ4v) is 15.7. The molecule has 5 aromatic rings. The molecule has 0 saturated carbocycles. The molecule has 0 unspecified atom stereocenters. The van der Waals surface area contributed by atoms with Crippen molar-refractivity contribution in [3.05, 3.63) is 112 Å². The predicted molar refractivity (Wildman–Crippen MR) is 521 cm³/mol. The number of nitrogen functional groups attached to an aromatic ring is 1. The van der Waals surface area contributed by atoms with E-state index in [4.69, 9.17) is 10.8 Å². The third-order valence-electron chi connectivity index (χ3n) is 23.1. The minimum absolute atomic E-state index is 0.0104. The van der Waals surface area contributed by atoms with E-state index >= 15 is 0 Å². The molecule has 147 heavy (non-hydrogen) atoms. The van der Waals surface area contributed by atoms with Crippen LogP contribution in [0.5, 0.6) is 0 Å². The summed E-state index contributed by atoms with van der Waals surface area (Å²) in [5.74, 6) is -24.8. The number of aliphatic hydroxyl groups is 15. The second-order valence-corrected chi connectivity index (χ2v) is 37.9. The number of nitrogens with zero attached hydrogens (tertiary/aromatic N) is 5. The number of nitrogens with one attached hydrogen (secondary N) is 10. The first kappa shape index (κ1) is 127. The smallest absolute Gasteiger partial charge is 0.327 e. The van der Waals surface area contributed by atoms with Gasteiger partial charge in [-0.2, -0.15) is 4.98 Å². The third-order valence-corrected chi connectivity index (χ3v) is 24.9. The van der Waals surface area contributed by atoms with Gasteiger partial charge in [0, 0.05) is 137 Å². The molecule has 32 N–H and O–H groups in total. The third kappa shape index (κ3) is 46.0. The van der Waals surface area contributed by atoms with Crippen molar-refractivity contribution in [3.8, 4) is 0 Å². The number of hydrogen-bond acceptors (Lipinski definition) is 42. The number of aromatic amines is 1. The van der Waals surface area contributed by atoms with Gasteiger partial charge in [-0.05, 0) is 100 Å². The molecule has 0 saturated heterocycles. The second-order valence-electron chi connectivity index (χ2n) is 35.3. The fourth-order valence-electron chi connectivity index (χ4n) is 14.4. The first-order valence-electron chi connectivity index (χ1n) is 46.6. The van der Waals surface area contributed by atoms with Crippen LogP contribution >= 0.6 is 21.6 Å². The van der Waals surface area contributed by atoms with E-state index in [-0.39, 0.29) is 64.7 Å². The Morgan fingerprint density at radius 2 is 0.912 bits per heavy atom. The minimum atomic E-state index is -2.22. The summed E-state index contributed by atoms with van der Waals surface area (Å²) >= 11 is 0. The van der Waals surface area contributed by atoms with E-state index in [0.717, 1.165) is 32.8 Å². The Morgan fingerprint density at radius 1 is 0.476 bits per heavy atom. The van der Waals surface area contributed by atoms with Gasteiger partial charge >= 0.3 is 30.8 Å². The summed E-state index contributed by atoms with van der Waals surface area (Å²) in [7, 11) is 2.07. The van der Waals surface area contributed by atoms with Crippen molar-refractivity contribution in [2.75, 3.05) is 62.5 Å². The van der Waals surface area contributed by atoms with E-state index in [1.165, 1.54) is 36.7 Å². The van der Waals surface area contributed by atoms with E-state index in [2.05, 4.69) is 77.8 Å². The number of H-pyrrole nitrogens is 1. The van der Waals surface area contributed by atoms with Gasteiger partial charge in [0.1, 0.15) is 78.5 Å². The molecule has 56 heteroatoms. The zero-order valence-electron chi connectivity index (χ0n) is 81.1. The van der Waals surface area contributed by atoms with Gasteiger partial charge in [0.05, 0.1) is 80.5 Å². The Bertz CT molecular complexity index is 5190. The first-order chi connectivity index (χ1) is 69.3. The monoisotopic (exact) mass is 2120 g/mol. The van der Waals surface area contributed by atoms with Gasteiger partial charge in [-0.1, -0.05) is 72.6 Å². The number of nitrogens with two attached hydrogens (primary N) is 1. The summed E-state index contributed by atoms with van der Waals surface area (Å²) in [5, 5.41) is 221. The maximum atomic E-state index is 14.8. The molecule has 2 aromatic carbocycles. The quantitative estimate of drug-likeness (QED) is 0.00977. The SMILES string of the molecule is CB(O)[C@H](CC(C)C)NC(=O)[C@@H](CC(=O)c1cnc(C)cn1)Cc1ccccc1.CSSC[C@H](NC(=O)[C@H](CCC(=O)NC[C@H](O)[C@@H](O)[C@H](O)[C@H](O)CO)CC(=O)[C@H](CCC(=O)O)NC(=O)[C@H](CCC(=O)NC[C@H](O)[C@@H](O)[C@H](O)[C@H](O)CO)CC(=O)[C@H](CCC(=O)O)NC(=O)[C@H](CCC(=O)NC[C@H](O)[C@@H](O)[C@H](O)[C@H](O)CO)CC(=O)CC[C@H](NC(=O)c1ccc(NCc2cnc3nc(N)[nH]c(=O)c3n2)cc1)C(=O)O)C(=O)O. The maximum absolute atomic E-state index is 14.8. The van der Waals surface area contributed by atoms with Gasteiger partial charge in [0.2, 0.25) is 47.3 Å². The molecular formula is C91H133BN16O37S2. The standard InChI is InChI=1S/C69H103N13O34S2.C22H30BN3O3/c1-117-118-29-40(68(115)116)80-65(111)33(6-15-51(97)74-25-45(91)57(104)60(107)48(94)28-85)20-42(88)38(12-17-53(100)101)78-64(110)32(5-14-50(96)73-24-44(90)56(103)59(106)47(93)27-84)19-41(87)37(11-16-52(98)99)77-63(109)31(4-13-49(95)72-23-43(89)55(102)58(105)46(92)26-83)18-36(86)9-10-39(67(113)114)79-62(108)30-2-7-34(8-3-30)71-21-35-22-75-61-54(76-35)66(112)82-69(70)81-61;1-15(2)10-21(23(4)29)26-22(28)18(11-17-8-6-5-7-9-17)12-20(27)19-14-24-16(3)13-25-19/h2-3,7-8,22,31-33,37-40,43-48,55-60,71,83-85,89-94,102-107H,4-6,9-21,23-29H2,1H3,(H,72,95)(H,73,96)(H,74,97)(H,77,109)(H,78,110)(H,79,108)(H,80,111)(H,98,99)(H,100,101)(H,113,114)(H,115,116)(H3,70,75,81,82,112);5-9,13-15,18,21,29H,10-12H2,1-4H3,(H,26,28)/t31-,32-,33-,37+,38+,39+,40+,43+,44+,45+,46-,47-,48-,55-,56-,57-,58-,59-,60-;18-,21+/m11/s1. The summed E-state index contributed by atoms with van der Waals surface area (Å²) < 4.78 is 0. The van der Waals surface area contributed by atoms with Crippen molar-refractivity contribution >= 4 is 146 Å². The number of rotatable bonds is 70. The molecule has 0 radical (unpaired) electrons. The molecule has 3 aromatic heterocycles. The minimum Gasteiger partial charge on any atom is -0.481 e. The highest BCUT2D eigenvalue weighted by Crippen LogP contribution is 2.26. The first-order valence-corrected chi connectivity index (χ1v) is 49.4. The van der Waals surface area contributed by atoms with E-state index in [9.17, 15) is 178 Å². The maximum Gasteiger partial charge on any atom is 0.327 e. The predicted octanol–water partition coefficient (Wildman–Crippen LogP) is -7.23. The van der Waals surface area contributed by atoms with Gasteiger partial charge in [0.15, 0.2) is 28.5 Å². The number of carboxylic acids is 4. The Kier molecular flexibility index (Phi) is 56.6. The van der Waals surface area contributed by atoms with Gasteiger partial charge in [-0.25, -0.2) is 24.5 Å². The number of Topliss-reactive ketones (excluding diaryl/α,β-unsaturated/α-hetero) is 4. The topological polar surface area (TPSA) is 909 Å². The second kappa shape index (κ2) is 65.5. The lowest BCUT2D eigenvalue weighted by Crippen LogP contribution is -2.50. The number of carbonyl (C=O) groups is 16. The van der Waals surface area contributed by atoms with Crippen LogP contribution in [0.2, 0.25) is 6.82 Å². The molecule has 53 nitrogen and oxygen atoms in total.